The molecule has 3 heterocycles. The van der Waals surface area contributed by atoms with Gasteiger partial charge in [0.05, 0.1) is 16.3 Å². The SMILES string of the molecule is O=C(O)c1ccc(CCN2C(=O)C(=Cc3cccc(-c4ccc5[nH]ccc5c4)n3)SC2=S)cc1O. The van der Waals surface area contributed by atoms with E-state index in [0.717, 1.165) is 22.2 Å². The van der Waals surface area contributed by atoms with Crippen LogP contribution in [-0.2, 0) is 11.2 Å². The van der Waals surface area contributed by atoms with E-state index in [9.17, 15) is 14.7 Å². The highest BCUT2D eigenvalue weighted by Gasteiger charge is 2.31. The van der Waals surface area contributed by atoms with E-state index in [1.54, 1.807) is 12.1 Å². The van der Waals surface area contributed by atoms with Crippen molar-refractivity contribution in [3.63, 3.8) is 0 Å². The van der Waals surface area contributed by atoms with Crippen LogP contribution >= 0.6 is 24.0 Å². The maximum atomic E-state index is 13.0. The molecule has 4 aromatic rings. The lowest BCUT2D eigenvalue weighted by molar-refractivity contribution is -0.122. The second kappa shape index (κ2) is 9.36. The highest BCUT2D eigenvalue weighted by Crippen LogP contribution is 2.33. The number of fused-ring (bicyclic) bond motifs is 1. The number of hydrogen-bond acceptors (Lipinski definition) is 6. The number of rotatable bonds is 6. The molecule has 0 atom stereocenters. The van der Waals surface area contributed by atoms with Crippen LogP contribution in [0.3, 0.4) is 0 Å². The fourth-order valence-electron chi connectivity index (χ4n) is 3.89. The van der Waals surface area contributed by atoms with Gasteiger partial charge in [-0.1, -0.05) is 42.2 Å². The number of aromatic nitrogens is 2. The van der Waals surface area contributed by atoms with Gasteiger partial charge in [-0.2, -0.15) is 0 Å². The van der Waals surface area contributed by atoms with E-state index in [4.69, 9.17) is 22.3 Å². The molecule has 2 aromatic carbocycles. The number of thioether (sulfide) groups is 1. The number of nitrogens with zero attached hydrogens (tertiary/aromatic N) is 2. The molecule has 0 aliphatic carbocycles. The third-order valence-electron chi connectivity index (χ3n) is 5.69. The molecule has 35 heavy (non-hydrogen) atoms. The minimum Gasteiger partial charge on any atom is -0.507 e. The van der Waals surface area contributed by atoms with Crippen molar-refractivity contribution >= 4 is 57.2 Å². The van der Waals surface area contributed by atoms with Crippen molar-refractivity contribution in [3.05, 3.63) is 88.6 Å². The molecule has 9 heteroatoms. The predicted molar refractivity (Wildman–Crippen MR) is 140 cm³/mol. The average Bonchev–Trinajstić information content (AvgIpc) is 3.41. The van der Waals surface area contributed by atoms with Gasteiger partial charge < -0.3 is 15.2 Å². The number of carbonyl (C=O) groups is 2. The van der Waals surface area contributed by atoms with Crippen LogP contribution in [0.1, 0.15) is 21.6 Å². The molecule has 0 saturated carbocycles. The van der Waals surface area contributed by atoms with E-state index in [2.05, 4.69) is 11.1 Å². The maximum absolute atomic E-state index is 13.0. The first-order chi connectivity index (χ1) is 16.9. The Labute approximate surface area is 210 Å². The predicted octanol–water partition coefficient (Wildman–Crippen LogP) is 5.08. The smallest absolute Gasteiger partial charge is 0.339 e. The van der Waals surface area contributed by atoms with Crippen molar-refractivity contribution in [2.75, 3.05) is 6.54 Å². The minimum absolute atomic E-state index is 0.162. The quantitative estimate of drug-likeness (QED) is 0.250. The second-order valence-electron chi connectivity index (χ2n) is 7.97. The number of thiocarbonyl (C=S) groups is 1. The summed E-state index contributed by atoms with van der Waals surface area (Å²) in [5, 5.41) is 20.0. The van der Waals surface area contributed by atoms with Gasteiger partial charge in [0.1, 0.15) is 15.6 Å². The summed E-state index contributed by atoms with van der Waals surface area (Å²) < 4.78 is 0.446. The summed E-state index contributed by atoms with van der Waals surface area (Å²) in [4.78, 5) is 34.0. The molecule has 2 aromatic heterocycles. The van der Waals surface area contributed by atoms with E-state index in [0.29, 0.717) is 33.4 Å². The molecule has 0 unspecified atom stereocenters. The van der Waals surface area contributed by atoms with Crippen LogP contribution in [0.5, 0.6) is 5.75 Å². The Bertz CT molecular complexity index is 1530. The van der Waals surface area contributed by atoms with Gasteiger partial charge in [-0.25, -0.2) is 9.78 Å². The Kier molecular flexibility index (Phi) is 6.10. The van der Waals surface area contributed by atoms with Crippen LogP contribution in [0.25, 0.3) is 28.2 Å². The summed E-state index contributed by atoms with van der Waals surface area (Å²) in [5.41, 5.74) is 4.05. The van der Waals surface area contributed by atoms with Crippen molar-refractivity contribution in [3.8, 4) is 17.0 Å². The molecule has 0 spiro atoms. The zero-order chi connectivity index (χ0) is 24.5. The number of aromatic carboxylic acids is 1. The van der Waals surface area contributed by atoms with Crippen LogP contribution in [0.15, 0.2) is 71.8 Å². The molecular weight excluding hydrogens is 482 g/mol. The lowest BCUT2D eigenvalue weighted by atomic mass is 10.1. The second-order valence-corrected chi connectivity index (χ2v) is 9.64. The van der Waals surface area contributed by atoms with Gasteiger partial charge in [0.25, 0.3) is 5.91 Å². The van der Waals surface area contributed by atoms with Crippen LogP contribution in [0.4, 0.5) is 0 Å². The lowest BCUT2D eigenvalue weighted by Crippen LogP contribution is -2.30. The van der Waals surface area contributed by atoms with Gasteiger partial charge in [0.2, 0.25) is 0 Å². The Hall–Kier alpha value is -3.95. The Morgan fingerprint density at radius 1 is 1.14 bits per heavy atom. The average molecular weight is 502 g/mol. The molecule has 1 aliphatic heterocycles. The number of phenols is 1. The highest BCUT2D eigenvalue weighted by atomic mass is 32.2. The molecular formula is C26H19N3O4S2. The van der Waals surface area contributed by atoms with Crippen molar-refractivity contribution < 1.29 is 19.8 Å². The van der Waals surface area contributed by atoms with Crippen molar-refractivity contribution in [1.82, 2.24) is 14.9 Å². The van der Waals surface area contributed by atoms with Crippen LogP contribution in [0, 0.1) is 0 Å². The molecule has 174 valence electrons. The van der Waals surface area contributed by atoms with Gasteiger partial charge in [0.15, 0.2) is 0 Å². The molecule has 1 saturated heterocycles. The Morgan fingerprint density at radius 2 is 2.00 bits per heavy atom. The molecule has 3 N–H and O–H groups in total. The number of carbonyl (C=O) groups excluding carboxylic acids is 1. The summed E-state index contributed by atoms with van der Waals surface area (Å²) in [6.07, 6.45) is 4.06. The number of carboxylic acid groups (broad SMARTS) is 1. The summed E-state index contributed by atoms with van der Waals surface area (Å²) >= 11 is 6.65. The molecule has 7 nitrogen and oxygen atoms in total. The third-order valence-corrected chi connectivity index (χ3v) is 7.07. The number of nitrogens with one attached hydrogen (secondary N) is 1. The maximum Gasteiger partial charge on any atom is 0.339 e. The first kappa shape index (κ1) is 22.8. The fourth-order valence-corrected chi connectivity index (χ4v) is 5.18. The number of amides is 1. The first-order valence-corrected chi connectivity index (χ1v) is 12.0. The van der Waals surface area contributed by atoms with Crippen LogP contribution in [0.2, 0.25) is 0 Å². The van der Waals surface area contributed by atoms with E-state index in [-0.39, 0.29) is 17.2 Å². The van der Waals surface area contributed by atoms with Crippen molar-refractivity contribution in [2.45, 2.75) is 6.42 Å². The third kappa shape index (κ3) is 4.68. The topological polar surface area (TPSA) is 107 Å². The number of hydrogen-bond donors (Lipinski definition) is 3. The summed E-state index contributed by atoms with van der Waals surface area (Å²) in [5.74, 6) is -1.70. The minimum atomic E-state index is -1.20. The van der Waals surface area contributed by atoms with E-state index in [1.807, 2.05) is 42.6 Å². The number of aromatic amines is 1. The van der Waals surface area contributed by atoms with Crippen LogP contribution in [-0.4, -0.2) is 47.8 Å². The van der Waals surface area contributed by atoms with Crippen molar-refractivity contribution in [2.24, 2.45) is 0 Å². The normalized spacial score (nSPS) is 14.9. The molecule has 1 fully saturated rings. The Morgan fingerprint density at radius 3 is 2.80 bits per heavy atom. The largest absolute Gasteiger partial charge is 0.507 e. The van der Waals surface area contributed by atoms with Crippen molar-refractivity contribution in [1.29, 1.82) is 0 Å². The van der Waals surface area contributed by atoms with E-state index >= 15 is 0 Å². The highest BCUT2D eigenvalue weighted by molar-refractivity contribution is 8.26. The molecule has 1 amide bonds. The molecule has 0 bridgehead atoms. The monoisotopic (exact) mass is 501 g/mol. The number of benzene rings is 2. The zero-order valence-corrected chi connectivity index (χ0v) is 19.9. The first-order valence-electron chi connectivity index (χ1n) is 10.7. The molecule has 0 radical (unpaired) electrons. The summed E-state index contributed by atoms with van der Waals surface area (Å²) in [7, 11) is 0. The van der Waals surface area contributed by atoms with Crippen LogP contribution < -0.4 is 0 Å². The summed E-state index contributed by atoms with van der Waals surface area (Å²) in [6.45, 7) is 0.317. The molecule has 1 aliphatic rings. The number of carboxylic acids is 1. The molecule has 5 rings (SSSR count). The van der Waals surface area contributed by atoms with Gasteiger partial charge in [-0.05, 0) is 60.5 Å². The number of H-pyrrole nitrogens is 1. The number of pyridine rings is 1. The number of aromatic hydroxyl groups is 1. The standard InChI is InChI=1S/C26H19N3O4S2/c30-22-12-15(4-6-19(22)25(32)33)9-11-29-24(31)23(35-26(29)34)14-18-2-1-3-21(28-18)16-5-7-20-17(13-16)8-10-27-20/h1-8,10,12-14,27,30H,9,11H2,(H,32,33). The lowest BCUT2D eigenvalue weighted by Gasteiger charge is -2.14. The Balaban J connectivity index is 1.32. The van der Waals surface area contributed by atoms with E-state index < -0.39 is 5.97 Å². The van der Waals surface area contributed by atoms with Gasteiger partial charge in [0, 0.05) is 29.2 Å². The van der Waals surface area contributed by atoms with Gasteiger partial charge in [-0.15, -0.1) is 0 Å². The van der Waals surface area contributed by atoms with E-state index in [1.165, 1.54) is 28.8 Å². The zero-order valence-electron chi connectivity index (χ0n) is 18.3. The van der Waals surface area contributed by atoms with Gasteiger partial charge in [-0.3, -0.25) is 9.69 Å². The van der Waals surface area contributed by atoms with Gasteiger partial charge >= 0.3 is 5.97 Å². The fraction of sp³-hybridized carbons (Fsp3) is 0.0769. The summed E-state index contributed by atoms with van der Waals surface area (Å²) in [6, 6.07) is 18.2.